The fourth-order valence-electron chi connectivity index (χ4n) is 2.46. The average Bonchev–Trinajstić information content (AvgIpc) is 2.86. The Bertz CT molecular complexity index is 290. The van der Waals surface area contributed by atoms with Crippen LogP contribution in [0.2, 0.25) is 0 Å². The maximum absolute atomic E-state index is 12.3. The molecule has 5 nitrogen and oxygen atoms in total. The zero-order valence-corrected chi connectivity index (χ0v) is 11.5. The monoisotopic (exact) mass is 255 g/mol. The van der Waals surface area contributed by atoms with E-state index in [4.69, 9.17) is 5.73 Å². The van der Waals surface area contributed by atoms with E-state index in [1.54, 1.807) is 9.80 Å². The van der Waals surface area contributed by atoms with Crippen LogP contribution in [-0.2, 0) is 9.59 Å². The number of carbonyl (C=O) groups excluding carboxylic acids is 2. The number of likely N-dealkylation sites (tertiary alicyclic amines) is 1. The van der Waals surface area contributed by atoms with Gasteiger partial charge in [-0.15, -0.1) is 0 Å². The van der Waals surface area contributed by atoms with Gasteiger partial charge in [0, 0.05) is 26.1 Å². The Hall–Kier alpha value is -1.10. The van der Waals surface area contributed by atoms with Gasteiger partial charge in [-0.3, -0.25) is 9.59 Å². The van der Waals surface area contributed by atoms with Gasteiger partial charge in [-0.25, -0.2) is 0 Å². The lowest BCUT2D eigenvalue weighted by molar-refractivity contribution is -0.143. The van der Waals surface area contributed by atoms with Gasteiger partial charge < -0.3 is 15.5 Å². The highest BCUT2D eigenvalue weighted by atomic mass is 16.2. The Morgan fingerprint density at radius 1 is 1.33 bits per heavy atom. The lowest BCUT2D eigenvalue weighted by atomic mass is 10.1. The van der Waals surface area contributed by atoms with Gasteiger partial charge in [-0.1, -0.05) is 0 Å². The first-order chi connectivity index (χ1) is 8.65. The summed E-state index contributed by atoms with van der Waals surface area (Å²) in [6.45, 7) is 6.58. The van der Waals surface area contributed by atoms with Crippen molar-refractivity contribution in [3.05, 3.63) is 0 Å². The highest BCUT2D eigenvalue weighted by molar-refractivity contribution is 5.88. The van der Waals surface area contributed by atoms with Crippen LogP contribution in [0.5, 0.6) is 0 Å². The van der Waals surface area contributed by atoms with E-state index in [0.717, 1.165) is 12.8 Å². The summed E-state index contributed by atoms with van der Waals surface area (Å²) in [5.74, 6) is 0.169. The normalized spacial score (nSPS) is 19.1. The first kappa shape index (κ1) is 15.0. The maximum atomic E-state index is 12.3. The van der Waals surface area contributed by atoms with Crippen molar-refractivity contribution in [3.63, 3.8) is 0 Å². The second-order valence-electron chi connectivity index (χ2n) is 4.65. The Morgan fingerprint density at radius 3 is 2.56 bits per heavy atom. The second-order valence-corrected chi connectivity index (χ2v) is 4.65. The van der Waals surface area contributed by atoms with E-state index in [1.165, 1.54) is 0 Å². The summed E-state index contributed by atoms with van der Waals surface area (Å²) in [5, 5.41) is 0. The van der Waals surface area contributed by atoms with Crippen molar-refractivity contribution in [2.24, 2.45) is 5.73 Å². The molecular weight excluding hydrogens is 230 g/mol. The van der Waals surface area contributed by atoms with E-state index in [0.29, 0.717) is 39.0 Å². The van der Waals surface area contributed by atoms with Crippen molar-refractivity contribution in [1.29, 1.82) is 0 Å². The fraction of sp³-hybridized carbons (Fsp3) is 0.846. The van der Waals surface area contributed by atoms with Crippen LogP contribution in [0.1, 0.15) is 39.5 Å². The van der Waals surface area contributed by atoms with E-state index in [2.05, 4.69) is 0 Å². The van der Waals surface area contributed by atoms with Crippen molar-refractivity contribution < 1.29 is 9.59 Å². The van der Waals surface area contributed by atoms with Crippen LogP contribution in [-0.4, -0.2) is 53.8 Å². The standard InChI is InChI=1S/C13H25N3O2/c1-3-15(4-2)13(18)11-7-6-10-16(11)12(17)8-5-9-14/h11H,3-10,14H2,1-2H3. The van der Waals surface area contributed by atoms with Gasteiger partial charge in [-0.2, -0.15) is 0 Å². The molecule has 2 amide bonds. The molecular formula is C13H25N3O2. The lowest BCUT2D eigenvalue weighted by Gasteiger charge is -2.29. The molecule has 1 rings (SSSR count). The summed E-state index contributed by atoms with van der Waals surface area (Å²) >= 11 is 0. The van der Waals surface area contributed by atoms with Gasteiger partial charge >= 0.3 is 0 Å². The van der Waals surface area contributed by atoms with Crippen molar-refractivity contribution >= 4 is 11.8 Å². The van der Waals surface area contributed by atoms with E-state index in [9.17, 15) is 9.59 Å². The fourth-order valence-corrected chi connectivity index (χ4v) is 2.46. The molecule has 18 heavy (non-hydrogen) atoms. The Labute approximate surface area is 109 Å². The molecule has 0 aromatic carbocycles. The van der Waals surface area contributed by atoms with Gasteiger partial charge in [0.15, 0.2) is 0 Å². The Kier molecular flexibility index (Phi) is 6.12. The predicted molar refractivity (Wildman–Crippen MR) is 71.0 cm³/mol. The zero-order chi connectivity index (χ0) is 13.5. The number of carbonyl (C=O) groups is 2. The minimum atomic E-state index is -0.241. The van der Waals surface area contributed by atoms with Crippen LogP contribution < -0.4 is 5.73 Å². The van der Waals surface area contributed by atoms with Crippen LogP contribution in [0.25, 0.3) is 0 Å². The topological polar surface area (TPSA) is 66.6 Å². The molecule has 104 valence electrons. The summed E-state index contributed by atoms with van der Waals surface area (Å²) in [4.78, 5) is 27.9. The quantitative estimate of drug-likeness (QED) is 0.755. The van der Waals surface area contributed by atoms with Crippen LogP contribution in [0, 0.1) is 0 Å². The highest BCUT2D eigenvalue weighted by Gasteiger charge is 2.35. The second kappa shape index (κ2) is 7.36. The molecule has 0 saturated carbocycles. The molecule has 1 saturated heterocycles. The number of hydrogen-bond donors (Lipinski definition) is 1. The van der Waals surface area contributed by atoms with Crippen molar-refractivity contribution in [1.82, 2.24) is 9.80 Å². The van der Waals surface area contributed by atoms with Crippen molar-refractivity contribution in [2.45, 2.75) is 45.6 Å². The number of nitrogens with zero attached hydrogens (tertiary/aromatic N) is 2. The molecule has 2 N–H and O–H groups in total. The molecule has 1 aliphatic rings. The van der Waals surface area contributed by atoms with Gasteiger partial charge in [0.25, 0.3) is 0 Å². The van der Waals surface area contributed by atoms with Gasteiger partial charge in [0.05, 0.1) is 0 Å². The van der Waals surface area contributed by atoms with Gasteiger partial charge in [-0.05, 0) is 39.7 Å². The van der Waals surface area contributed by atoms with E-state index >= 15 is 0 Å². The summed E-state index contributed by atoms with van der Waals surface area (Å²) in [6, 6.07) is -0.241. The molecule has 1 fully saturated rings. The molecule has 0 spiro atoms. The third kappa shape index (κ3) is 3.45. The molecule has 0 aromatic rings. The minimum Gasteiger partial charge on any atom is -0.341 e. The smallest absolute Gasteiger partial charge is 0.245 e. The molecule has 0 aliphatic carbocycles. The average molecular weight is 255 g/mol. The third-order valence-corrected chi connectivity index (χ3v) is 3.53. The first-order valence-corrected chi connectivity index (χ1v) is 6.94. The van der Waals surface area contributed by atoms with Crippen LogP contribution in [0.15, 0.2) is 0 Å². The number of rotatable bonds is 6. The van der Waals surface area contributed by atoms with Gasteiger partial charge in [0.1, 0.15) is 6.04 Å². The Morgan fingerprint density at radius 2 is 2.00 bits per heavy atom. The summed E-state index contributed by atoms with van der Waals surface area (Å²) in [6.07, 6.45) is 2.87. The first-order valence-electron chi connectivity index (χ1n) is 6.94. The molecule has 1 aliphatic heterocycles. The lowest BCUT2D eigenvalue weighted by Crippen LogP contribution is -2.47. The highest BCUT2D eigenvalue weighted by Crippen LogP contribution is 2.20. The summed E-state index contributed by atoms with van der Waals surface area (Å²) in [5.41, 5.74) is 5.42. The summed E-state index contributed by atoms with van der Waals surface area (Å²) in [7, 11) is 0. The van der Waals surface area contributed by atoms with E-state index < -0.39 is 0 Å². The molecule has 1 atom stereocenters. The maximum Gasteiger partial charge on any atom is 0.245 e. The van der Waals surface area contributed by atoms with Crippen LogP contribution in [0.3, 0.4) is 0 Å². The number of nitrogens with two attached hydrogens (primary N) is 1. The molecule has 1 heterocycles. The van der Waals surface area contributed by atoms with Crippen LogP contribution in [0.4, 0.5) is 0 Å². The van der Waals surface area contributed by atoms with Crippen molar-refractivity contribution in [3.8, 4) is 0 Å². The van der Waals surface area contributed by atoms with Crippen molar-refractivity contribution in [2.75, 3.05) is 26.2 Å². The molecule has 0 aromatic heterocycles. The Balaban J connectivity index is 2.63. The summed E-state index contributed by atoms with van der Waals surface area (Å²) < 4.78 is 0. The number of amides is 2. The number of hydrogen-bond acceptors (Lipinski definition) is 3. The minimum absolute atomic E-state index is 0.0726. The molecule has 1 unspecified atom stereocenters. The largest absolute Gasteiger partial charge is 0.341 e. The third-order valence-electron chi connectivity index (χ3n) is 3.53. The molecule has 5 heteroatoms. The predicted octanol–water partition coefficient (Wildman–Crippen LogP) is 0.585. The molecule has 0 bridgehead atoms. The zero-order valence-electron chi connectivity index (χ0n) is 11.5. The van der Waals surface area contributed by atoms with Crippen LogP contribution >= 0.6 is 0 Å². The van der Waals surface area contributed by atoms with E-state index in [1.807, 2.05) is 13.8 Å². The molecule has 0 radical (unpaired) electrons. The number of likely N-dealkylation sites (N-methyl/N-ethyl adjacent to an activating group) is 1. The van der Waals surface area contributed by atoms with Gasteiger partial charge in [0.2, 0.25) is 11.8 Å². The SMILES string of the molecule is CCN(CC)C(=O)C1CCCN1C(=O)CCCN. The van der Waals surface area contributed by atoms with E-state index in [-0.39, 0.29) is 17.9 Å².